The van der Waals surface area contributed by atoms with Gasteiger partial charge in [-0.1, -0.05) is 18.2 Å². The predicted molar refractivity (Wildman–Crippen MR) is 44.5 cm³/mol. The molecule has 0 fully saturated rings. The molecule has 3 heteroatoms. The van der Waals surface area contributed by atoms with E-state index in [0.717, 1.165) is 0 Å². The number of hydrogen-bond donors (Lipinski definition) is 1. The summed E-state index contributed by atoms with van der Waals surface area (Å²) in [6, 6.07) is 0. The zero-order chi connectivity index (χ0) is 8.97. The van der Waals surface area contributed by atoms with Gasteiger partial charge in [-0.15, -0.1) is 0 Å². The zero-order valence-electron chi connectivity index (χ0n) is 6.99. The van der Waals surface area contributed by atoms with E-state index in [-0.39, 0.29) is 5.97 Å². The van der Waals surface area contributed by atoms with Crippen LogP contribution in [0.1, 0.15) is 13.3 Å². The van der Waals surface area contributed by atoms with Gasteiger partial charge in [0.2, 0.25) is 0 Å². The molecule has 0 radical (unpaired) electrons. The minimum absolute atomic E-state index is 0.332. The molecule has 0 bridgehead atoms. The van der Waals surface area contributed by atoms with Crippen molar-refractivity contribution in [1.29, 1.82) is 0 Å². The molecular weight excluding hydrogens is 156 g/mol. The van der Waals surface area contributed by atoms with Gasteiger partial charge in [-0.3, -0.25) is 0 Å². The van der Waals surface area contributed by atoms with Crippen LogP contribution in [0.4, 0.5) is 0 Å². The van der Waals surface area contributed by atoms with Crippen molar-refractivity contribution in [2.75, 3.05) is 6.61 Å². The average molecular weight is 168 g/mol. The van der Waals surface area contributed by atoms with Crippen molar-refractivity contribution < 1.29 is 14.6 Å². The van der Waals surface area contributed by atoms with E-state index in [0.29, 0.717) is 18.6 Å². The molecular formula is C9H12O3. The van der Waals surface area contributed by atoms with Crippen molar-refractivity contribution in [1.82, 2.24) is 0 Å². The highest BCUT2D eigenvalue weighted by Gasteiger charge is 2.15. The molecule has 1 N–H and O–H groups in total. The first-order chi connectivity index (χ1) is 5.74. The number of carbonyl (C=O) groups excluding carboxylic acids is 1. The molecule has 0 aromatic rings. The number of esters is 1. The van der Waals surface area contributed by atoms with E-state index >= 15 is 0 Å². The third kappa shape index (κ3) is 2.20. The maximum Gasteiger partial charge on any atom is 0.334 e. The Kier molecular flexibility index (Phi) is 3.05. The molecule has 0 spiro atoms. The number of rotatable bonds is 2. The molecule has 0 aromatic carbocycles. The second-order valence-corrected chi connectivity index (χ2v) is 2.57. The third-order valence-electron chi connectivity index (χ3n) is 1.60. The summed E-state index contributed by atoms with van der Waals surface area (Å²) < 4.78 is 4.78. The minimum Gasteiger partial charge on any atom is -0.463 e. The lowest BCUT2D eigenvalue weighted by molar-refractivity contribution is -0.138. The molecule has 3 nitrogen and oxygen atoms in total. The molecule has 0 amide bonds. The molecule has 1 rings (SSSR count). The monoisotopic (exact) mass is 168 g/mol. The van der Waals surface area contributed by atoms with Crippen LogP contribution in [0.25, 0.3) is 0 Å². The van der Waals surface area contributed by atoms with E-state index < -0.39 is 6.10 Å². The number of aliphatic hydroxyl groups is 1. The number of carbonyl (C=O) groups is 1. The zero-order valence-corrected chi connectivity index (χ0v) is 6.99. The number of hydrogen-bond acceptors (Lipinski definition) is 3. The first kappa shape index (κ1) is 9.00. The van der Waals surface area contributed by atoms with Crippen LogP contribution < -0.4 is 0 Å². The maximum atomic E-state index is 11.1. The molecule has 0 heterocycles. The number of aliphatic hydroxyl groups excluding tert-OH is 1. The second-order valence-electron chi connectivity index (χ2n) is 2.57. The van der Waals surface area contributed by atoms with Crippen molar-refractivity contribution in [3.05, 3.63) is 23.8 Å². The van der Waals surface area contributed by atoms with Crippen molar-refractivity contribution in [2.24, 2.45) is 0 Å². The first-order valence-corrected chi connectivity index (χ1v) is 3.96. The summed E-state index contributed by atoms with van der Waals surface area (Å²) in [7, 11) is 0. The lowest BCUT2D eigenvalue weighted by Crippen LogP contribution is -2.15. The Morgan fingerprint density at radius 3 is 3.17 bits per heavy atom. The Labute approximate surface area is 71.3 Å². The van der Waals surface area contributed by atoms with Gasteiger partial charge in [0.15, 0.2) is 0 Å². The average Bonchev–Trinajstić information content (AvgIpc) is 2.05. The fourth-order valence-corrected chi connectivity index (χ4v) is 1.04. The largest absolute Gasteiger partial charge is 0.463 e. The van der Waals surface area contributed by atoms with Crippen LogP contribution in [0, 0.1) is 0 Å². The van der Waals surface area contributed by atoms with Crippen molar-refractivity contribution in [3.63, 3.8) is 0 Å². The van der Waals surface area contributed by atoms with Crippen molar-refractivity contribution >= 4 is 5.97 Å². The third-order valence-corrected chi connectivity index (χ3v) is 1.60. The molecule has 0 saturated heterocycles. The molecule has 1 aliphatic carbocycles. The van der Waals surface area contributed by atoms with Gasteiger partial charge >= 0.3 is 5.97 Å². The number of ether oxygens (including phenoxy) is 1. The molecule has 1 atom stereocenters. The summed E-state index contributed by atoms with van der Waals surface area (Å²) in [5.41, 5.74) is 0.534. The quantitative estimate of drug-likeness (QED) is 0.620. The van der Waals surface area contributed by atoms with Crippen LogP contribution >= 0.6 is 0 Å². The van der Waals surface area contributed by atoms with Crippen LogP contribution in [0.2, 0.25) is 0 Å². The summed E-state index contributed by atoms with van der Waals surface area (Å²) in [5, 5.41) is 9.16. The van der Waals surface area contributed by atoms with Gasteiger partial charge in [0.25, 0.3) is 0 Å². The Morgan fingerprint density at radius 2 is 2.58 bits per heavy atom. The van der Waals surface area contributed by atoms with E-state index in [1.54, 1.807) is 25.2 Å². The molecule has 66 valence electrons. The van der Waals surface area contributed by atoms with Crippen LogP contribution in [0.5, 0.6) is 0 Å². The lowest BCUT2D eigenvalue weighted by atomic mass is 10.0. The topological polar surface area (TPSA) is 46.5 Å². The molecule has 1 aliphatic rings. The van der Waals surface area contributed by atoms with E-state index in [2.05, 4.69) is 0 Å². The van der Waals surface area contributed by atoms with E-state index in [1.807, 2.05) is 0 Å². The molecule has 0 saturated carbocycles. The molecule has 0 aromatic heterocycles. The fourth-order valence-electron chi connectivity index (χ4n) is 1.04. The van der Waals surface area contributed by atoms with Gasteiger partial charge in [-0.05, 0) is 6.92 Å². The lowest BCUT2D eigenvalue weighted by Gasteiger charge is -2.11. The Balaban J connectivity index is 2.57. The van der Waals surface area contributed by atoms with Crippen LogP contribution in [-0.4, -0.2) is 23.8 Å². The Bertz CT molecular complexity index is 228. The summed E-state index contributed by atoms with van der Waals surface area (Å²) in [4.78, 5) is 11.1. The van der Waals surface area contributed by atoms with E-state index in [9.17, 15) is 4.79 Å². The summed E-state index contributed by atoms with van der Waals surface area (Å²) in [5.74, 6) is -0.332. The van der Waals surface area contributed by atoms with Gasteiger partial charge in [-0.2, -0.15) is 0 Å². The van der Waals surface area contributed by atoms with E-state index in [1.165, 1.54) is 0 Å². The number of allylic oxidation sites excluding steroid dienone is 2. The maximum absolute atomic E-state index is 11.1. The van der Waals surface area contributed by atoms with Crippen LogP contribution in [-0.2, 0) is 9.53 Å². The normalized spacial score (nSPS) is 21.8. The van der Waals surface area contributed by atoms with Gasteiger partial charge in [0.1, 0.15) is 0 Å². The van der Waals surface area contributed by atoms with E-state index in [4.69, 9.17) is 9.84 Å². The highest BCUT2D eigenvalue weighted by Crippen LogP contribution is 2.13. The minimum atomic E-state index is -0.547. The second kappa shape index (κ2) is 4.07. The summed E-state index contributed by atoms with van der Waals surface area (Å²) >= 11 is 0. The van der Waals surface area contributed by atoms with Gasteiger partial charge in [0.05, 0.1) is 12.7 Å². The summed E-state index contributed by atoms with van der Waals surface area (Å²) in [6.45, 7) is 2.13. The van der Waals surface area contributed by atoms with Gasteiger partial charge in [-0.25, -0.2) is 4.79 Å². The smallest absolute Gasteiger partial charge is 0.334 e. The van der Waals surface area contributed by atoms with Crippen molar-refractivity contribution in [3.8, 4) is 0 Å². The standard InChI is InChI=1S/C9H12O3/c1-2-12-9(11)7-4-3-5-8(10)6-7/h3-5,8,10H,2,6H2,1H3/t8-/m0/s1. The molecule has 0 unspecified atom stereocenters. The Morgan fingerprint density at radius 1 is 1.83 bits per heavy atom. The fraction of sp³-hybridized carbons (Fsp3) is 0.444. The van der Waals surface area contributed by atoms with Gasteiger partial charge in [0, 0.05) is 12.0 Å². The van der Waals surface area contributed by atoms with Crippen molar-refractivity contribution in [2.45, 2.75) is 19.4 Å². The first-order valence-electron chi connectivity index (χ1n) is 3.96. The highest BCUT2D eigenvalue weighted by atomic mass is 16.5. The van der Waals surface area contributed by atoms with Crippen LogP contribution in [0.3, 0.4) is 0 Å². The summed E-state index contributed by atoms with van der Waals surface area (Å²) in [6.07, 6.45) is 4.79. The van der Waals surface area contributed by atoms with Gasteiger partial charge < -0.3 is 9.84 Å². The Hall–Kier alpha value is -1.09. The molecule has 0 aliphatic heterocycles. The SMILES string of the molecule is CCOC(=O)C1=CC=C[C@H](O)C1. The predicted octanol–water partition coefficient (Wildman–Crippen LogP) is 0.797. The molecule has 12 heavy (non-hydrogen) atoms. The highest BCUT2D eigenvalue weighted by molar-refractivity contribution is 5.89. The van der Waals surface area contributed by atoms with Crippen LogP contribution in [0.15, 0.2) is 23.8 Å².